The van der Waals surface area contributed by atoms with E-state index in [1.54, 1.807) is 6.92 Å². The van der Waals surface area contributed by atoms with Crippen molar-refractivity contribution in [1.82, 2.24) is 14.8 Å². The number of benzene rings is 1. The average Bonchev–Trinajstić information content (AvgIpc) is 3.36. The first kappa shape index (κ1) is 28.4. The summed E-state index contributed by atoms with van der Waals surface area (Å²) in [5, 5.41) is 13.5. The number of aromatic nitrogens is 3. The summed E-state index contributed by atoms with van der Waals surface area (Å²) in [6.07, 6.45) is 5.04. The van der Waals surface area contributed by atoms with E-state index in [0.717, 1.165) is 59.6 Å². The normalized spacial score (nSPS) is 13.1. The van der Waals surface area contributed by atoms with Gasteiger partial charge in [0.2, 0.25) is 5.91 Å². The fourth-order valence-corrected chi connectivity index (χ4v) is 6.75. The summed E-state index contributed by atoms with van der Waals surface area (Å²) in [7, 11) is 0. The standard InChI is InChI=1S/C27H33ClN4O4S2/c1-5-32-21(14-36-18-12-16(3)24(28)17(4)13-18)30-31-27(32)37-15-22(33)29-25-23(26(34)35-6-2)19-10-8-7-9-11-20(19)38-25/h12-13H,5-11,14-15H2,1-4H3,(H,29,33). The van der Waals surface area contributed by atoms with Gasteiger partial charge in [-0.3, -0.25) is 4.79 Å². The van der Waals surface area contributed by atoms with Crippen LogP contribution in [-0.4, -0.2) is 39.0 Å². The van der Waals surface area contributed by atoms with E-state index >= 15 is 0 Å². The number of hydrogen-bond donors (Lipinski definition) is 1. The number of anilines is 1. The number of amides is 1. The molecule has 2 aromatic heterocycles. The SMILES string of the molecule is CCOC(=O)c1c(NC(=O)CSc2nnc(COc3cc(C)c(Cl)c(C)c3)n2CC)sc2c1CCCCC2. The quantitative estimate of drug-likeness (QED) is 0.170. The van der Waals surface area contributed by atoms with E-state index in [1.165, 1.54) is 28.0 Å². The number of thiophene rings is 1. The second-order valence-electron chi connectivity index (χ2n) is 9.13. The summed E-state index contributed by atoms with van der Waals surface area (Å²) in [6, 6.07) is 3.80. The largest absolute Gasteiger partial charge is 0.486 e. The van der Waals surface area contributed by atoms with Gasteiger partial charge in [0.1, 0.15) is 17.4 Å². The number of carbonyl (C=O) groups excluding carboxylic acids is 2. The number of halogens is 1. The number of ether oxygens (including phenoxy) is 2. The number of hydrogen-bond acceptors (Lipinski definition) is 8. The van der Waals surface area contributed by atoms with Gasteiger partial charge in [-0.15, -0.1) is 21.5 Å². The van der Waals surface area contributed by atoms with Crippen molar-refractivity contribution in [2.75, 3.05) is 17.7 Å². The number of thioether (sulfide) groups is 1. The number of fused-ring (bicyclic) bond motifs is 1. The molecule has 1 aromatic carbocycles. The van der Waals surface area contributed by atoms with Crippen LogP contribution in [0, 0.1) is 13.8 Å². The first-order valence-corrected chi connectivity index (χ1v) is 15.1. The molecule has 1 aliphatic carbocycles. The maximum Gasteiger partial charge on any atom is 0.341 e. The summed E-state index contributed by atoms with van der Waals surface area (Å²) >= 11 is 9.06. The molecule has 204 valence electrons. The second-order valence-corrected chi connectivity index (χ2v) is 11.6. The lowest BCUT2D eigenvalue weighted by Crippen LogP contribution is -2.17. The number of aryl methyl sites for hydroxylation is 3. The van der Waals surface area contributed by atoms with Crippen molar-refractivity contribution in [3.63, 3.8) is 0 Å². The van der Waals surface area contributed by atoms with E-state index in [0.29, 0.717) is 34.7 Å². The molecule has 0 radical (unpaired) electrons. The van der Waals surface area contributed by atoms with Gasteiger partial charge < -0.3 is 19.4 Å². The van der Waals surface area contributed by atoms with Crippen molar-refractivity contribution >= 4 is 51.6 Å². The van der Waals surface area contributed by atoms with E-state index in [2.05, 4.69) is 15.5 Å². The zero-order valence-corrected chi connectivity index (χ0v) is 24.6. The van der Waals surface area contributed by atoms with Gasteiger partial charge >= 0.3 is 5.97 Å². The van der Waals surface area contributed by atoms with Crippen molar-refractivity contribution in [3.05, 3.63) is 50.1 Å². The van der Waals surface area contributed by atoms with E-state index < -0.39 is 0 Å². The minimum atomic E-state index is -0.365. The molecule has 0 saturated carbocycles. The Balaban J connectivity index is 1.41. The highest BCUT2D eigenvalue weighted by Gasteiger charge is 2.27. The fraction of sp³-hybridized carbons (Fsp3) is 0.481. The topological polar surface area (TPSA) is 95.3 Å². The van der Waals surface area contributed by atoms with Gasteiger partial charge in [0.15, 0.2) is 11.0 Å². The summed E-state index contributed by atoms with van der Waals surface area (Å²) in [4.78, 5) is 26.9. The van der Waals surface area contributed by atoms with Crippen molar-refractivity contribution in [2.45, 2.75) is 78.1 Å². The molecule has 2 heterocycles. The molecule has 4 rings (SSSR count). The molecule has 0 unspecified atom stereocenters. The maximum absolute atomic E-state index is 12.9. The van der Waals surface area contributed by atoms with Gasteiger partial charge in [-0.05, 0) is 82.2 Å². The van der Waals surface area contributed by atoms with Crippen molar-refractivity contribution in [2.24, 2.45) is 0 Å². The van der Waals surface area contributed by atoms with E-state index in [4.69, 9.17) is 21.1 Å². The Labute approximate surface area is 236 Å². The van der Waals surface area contributed by atoms with Crippen LogP contribution in [0.1, 0.15) is 70.9 Å². The molecule has 1 N–H and O–H groups in total. The third-order valence-corrected chi connectivity index (χ3v) is 9.14. The van der Waals surface area contributed by atoms with Gasteiger partial charge in [0.25, 0.3) is 0 Å². The van der Waals surface area contributed by atoms with Crippen LogP contribution in [0.15, 0.2) is 17.3 Å². The van der Waals surface area contributed by atoms with E-state index in [9.17, 15) is 9.59 Å². The van der Waals surface area contributed by atoms with Crippen LogP contribution in [0.25, 0.3) is 0 Å². The highest BCUT2D eigenvalue weighted by molar-refractivity contribution is 7.99. The smallest absolute Gasteiger partial charge is 0.341 e. The van der Waals surface area contributed by atoms with Crippen molar-refractivity contribution in [1.29, 1.82) is 0 Å². The molecule has 1 amide bonds. The second kappa shape index (κ2) is 13.0. The Morgan fingerprint density at radius 3 is 2.58 bits per heavy atom. The van der Waals surface area contributed by atoms with Crippen LogP contribution in [0.2, 0.25) is 5.02 Å². The molecule has 0 aliphatic heterocycles. The molecule has 0 spiro atoms. The predicted octanol–water partition coefficient (Wildman–Crippen LogP) is 6.39. The molecule has 1 aliphatic rings. The Morgan fingerprint density at radius 2 is 1.87 bits per heavy atom. The van der Waals surface area contributed by atoms with Gasteiger partial charge in [-0.25, -0.2) is 4.79 Å². The number of rotatable bonds is 10. The van der Waals surface area contributed by atoms with Crippen LogP contribution in [-0.2, 0) is 35.5 Å². The van der Waals surface area contributed by atoms with Gasteiger partial charge in [0, 0.05) is 16.4 Å². The first-order chi connectivity index (χ1) is 18.3. The van der Waals surface area contributed by atoms with Gasteiger partial charge in [-0.1, -0.05) is 29.8 Å². The van der Waals surface area contributed by atoms with Crippen LogP contribution >= 0.6 is 34.7 Å². The van der Waals surface area contributed by atoms with Crippen LogP contribution in [0.5, 0.6) is 5.75 Å². The predicted molar refractivity (Wildman–Crippen MR) is 152 cm³/mol. The Kier molecular flexibility index (Phi) is 9.73. The molecule has 8 nitrogen and oxygen atoms in total. The zero-order chi connectivity index (χ0) is 27.2. The van der Waals surface area contributed by atoms with E-state index in [-0.39, 0.29) is 24.2 Å². The summed E-state index contributed by atoms with van der Waals surface area (Å²) in [6.45, 7) is 8.86. The van der Waals surface area contributed by atoms with Crippen molar-refractivity contribution in [3.8, 4) is 5.75 Å². The van der Waals surface area contributed by atoms with Gasteiger partial charge in [-0.2, -0.15) is 0 Å². The molecule has 0 saturated heterocycles. The van der Waals surface area contributed by atoms with Crippen molar-refractivity contribution < 1.29 is 19.1 Å². The lowest BCUT2D eigenvalue weighted by Gasteiger charge is -2.11. The molecular weight excluding hydrogens is 544 g/mol. The summed E-state index contributed by atoms with van der Waals surface area (Å²) in [5.41, 5.74) is 3.47. The zero-order valence-electron chi connectivity index (χ0n) is 22.2. The number of esters is 1. The van der Waals surface area contributed by atoms with Crippen LogP contribution in [0.4, 0.5) is 5.00 Å². The molecule has 11 heteroatoms. The highest BCUT2D eigenvalue weighted by atomic mass is 35.5. The molecular formula is C27H33ClN4O4S2. The number of nitrogens with one attached hydrogen (secondary N) is 1. The molecule has 0 bridgehead atoms. The van der Waals surface area contributed by atoms with Crippen LogP contribution < -0.4 is 10.1 Å². The Hall–Kier alpha value is -2.56. The van der Waals surface area contributed by atoms with Crippen LogP contribution in [0.3, 0.4) is 0 Å². The summed E-state index contributed by atoms with van der Waals surface area (Å²) < 4.78 is 13.2. The maximum atomic E-state index is 12.9. The third kappa shape index (κ3) is 6.52. The molecule has 0 fully saturated rings. The minimum Gasteiger partial charge on any atom is -0.486 e. The number of carbonyl (C=O) groups is 2. The first-order valence-electron chi connectivity index (χ1n) is 12.9. The molecule has 38 heavy (non-hydrogen) atoms. The lowest BCUT2D eigenvalue weighted by atomic mass is 10.1. The number of nitrogens with zero attached hydrogens (tertiary/aromatic N) is 3. The van der Waals surface area contributed by atoms with E-state index in [1.807, 2.05) is 37.5 Å². The van der Waals surface area contributed by atoms with Gasteiger partial charge in [0.05, 0.1) is 17.9 Å². The fourth-order valence-electron chi connectivity index (χ4n) is 4.53. The minimum absolute atomic E-state index is 0.138. The molecule has 0 atom stereocenters. The third-order valence-electron chi connectivity index (χ3n) is 6.37. The molecule has 3 aromatic rings. The Bertz CT molecular complexity index is 1300. The highest BCUT2D eigenvalue weighted by Crippen LogP contribution is 2.38. The lowest BCUT2D eigenvalue weighted by molar-refractivity contribution is -0.113. The Morgan fingerprint density at radius 1 is 1.13 bits per heavy atom. The monoisotopic (exact) mass is 576 g/mol. The average molecular weight is 577 g/mol. The summed E-state index contributed by atoms with van der Waals surface area (Å²) in [5.74, 6) is 0.964.